The molecule has 218 valence electrons. The highest BCUT2D eigenvalue weighted by Crippen LogP contribution is 2.40. The Balaban J connectivity index is 1.42. The van der Waals surface area contributed by atoms with E-state index in [1.807, 2.05) is 41.0 Å². The Morgan fingerprint density at radius 3 is 2.41 bits per heavy atom. The molecule has 2 heterocycles. The predicted octanol–water partition coefficient (Wildman–Crippen LogP) is 6.23. The molecule has 1 N–H and O–H groups in total. The van der Waals surface area contributed by atoms with Crippen LogP contribution in [-0.2, 0) is 11.3 Å². The third-order valence-electron chi connectivity index (χ3n) is 8.05. The predicted molar refractivity (Wildman–Crippen MR) is 161 cm³/mol. The highest BCUT2D eigenvalue weighted by molar-refractivity contribution is 5.98. The fraction of sp³-hybridized carbons (Fsp3) is 0.394. The van der Waals surface area contributed by atoms with E-state index >= 15 is 0 Å². The van der Waals surface area contributed by atoms with Gasteiger partial charge in [0.25, 0.3) is 0 Å². The maximum absolute atomic E-state index is 13.5. The number of rotatable bonds is 12. The van der Waals surface area contributed by atoms with Crippen molar-refractivity contribution in [3.05, 3.63) is 83.8 Å². The summed E-state index contributed by atoms with van der Waals surface area (Å²) in [4.78, 5) is 4.88. The molecule has 41 heavy (non-hydrogen) atoms. The monoisotopic (exact) mass is 561 g/mol. The number of likely N-dealkylation sites (N-methyl/N-ethyl adjacent to an activating group) is 1. The average molecular weight is 562 g/mol. The Hall–Kier alpha value is -3.75. The van der Waals surface area contributed by atoms with Crippen molar-refractivity contribution >= 4 is 16.5 Å². The Kier molecular flexibility index (Phi) is 9.31. The van der Waals surface area contributed by atoms with E-state index in [0.717, 1.165) is 73.2 Å². The van der Waals surface area contributed by atoms with Crippen LogP contribution < -0.4 is 14.4 Å². The van der Waals surface area contributed by atoms with E-state index in [9.17, 15) is 9.50 Å². The largest absolute Gasteiger partial charge is 0.494 e. The van der Waals surface area contributed by atoms with Crippen molar-refractivity contribution in [3.63, 3.8) is 0 Å². The van der Waals surface area contributed by atoms with E-state index in [1.54, 1.807) is 20.3 Å². The molecule has 1 aliphatic heterocycles. The Morgan fingerprint density at radius 2 is 1.68 bits per heavy atom. The van der Waals surface area contributed by atoms with E-state index in [0.29, 0.717) is 24.7 Å². The maximum atomic E-state index is 13.5. The second-order valence-electron chi connectivity index (χ2n) is 10.5. The zero-order chi connectivity index (χ0) is 28.8. The lowest BCUT2D eigenvalue weighted by atomic mass is 10.0. The van der Waals surface area contributed by atoms with Gasteiger partial charge in [0, 0.05) is 55.4 Å². The molecule has 3 aromatic carbocycles. The Morgan fingerprint density at radius 1 is 0.902 bits per heavy atom. The molecule has 0 radical (unpaired) electrons. The van der Waals surface area contributed by atoms with Gasteiger partial charge in [-0.3, -0.25) is 0 Å². The van der Waals surface area contributed by atoms with E-state index in [1.165, 1.54) is 12.1 Å². The molecule has 0 amide bonds. The lowest BCUT2D eigenvalue weighted by Crippen LogP contribution is -2.46. The first-order valence-electron chi connectivity index (χ1n) is 14.4. The van der Waals surface area contributed by atoms with Crippen LogP contribution in [0.5, 0.6) is 17.4 Å². The molecule has 0 spiro atoms. The van der Waals surface area contributed by atoms with Gasteiger partial charge in [0.15, 0.2) is 17.4 Å². The summed E-state index contributed by atoms with van der Waals surface area (Å²) in [6.45, 7) is 8.11. The minimum Gasteiger partial charge on any atom is -0.494 e. The number of fused-ring (bicyclic) bond motifs is 1. The number of aromatic hydroxyl groups is 1. The van der Waals surface area contributed by atoms with Crippen LogP contribution in [0, 0.1) is 5.82 Å². The van der Waals surface area contributed by atoms with Gasteiger partial charge in [-0.25, -0.2) is 4.39 Å². The standard InChI is InChI=1S/C33H40FN3O4/c1-4-35-15-17-36(18-16-35)30-11-6-10-27-28(30)22-37(33(27)38)29(25-13-14-31(39-2)32(21-25)40-3)12-7-19-41-23-24-8-5-9-26(34)20-24/h5-6,8-11,13-14,20-22,29,38H,4,7,12,15-19,23H2,1-3H3/t29-/m1/s1. The second-order valence-corrected chi connectivity index (χ2v) is 10.5. The molecule has 7 nitrogen and oxygen atoms in total. The van der Waals surface area contributed by atoms with Crippen LogP contribution in [0.1, 0.15) is 36.9 Å². The van der Waals surface area contributed by atoms with Gasteiger partial charge in [-0.1, -0.05) is 31.2 Å². The van der Waals surface area contributed by atoms with Gasteiger partial charge in [0.1, 0.15) is 5.82 Å². The van der Waals surface area contributed by atoms with Crippen molar-refractivity contribution in [2.45, 2.75) is 32.4 Å². The topological polar surface area (TPSA) is 59.3 Å². The summed E-state index contributed by atoms with van der Waals surface area (Å²) in [5, 5.41) is 13.4. The number of anilines is 1. The summed E-state index contributed by atoms with van der Waals surface area (Å²) in [5.41, 5.74) is 2.96. The van der Waals surface area contributed by atoms with E-state index in [4.69, 9.17) is 14.2 Å². The average Bonchev–Trinajstić information content (AvgIpc) is 3.34. The van der Waals surface area contributed by atoms with E-state index in [2.05, 4.69) is 29.0 Å². The van der Waals surface area contributed by atoms with Crippen LogP contribution in [0.25, 0.3) is 10.8 Å². The minimum absolute atomic E-state index is 0.162. The third-order valence-corrected chi connectivity index (χ3v) is 8.05. The van der Waals surface area contributed by atoms with E-state index < -0.39 is 0 Å². The molecule has 8 heteroatoms. The second kappa shape index (κ2) is 13.3. The van der Waals surface area contributed by atoms with Gasteiger partial charge in [0.2, 0.25) is 0 Å². The van der Waals surface area contributed by atoms with Gasteiger partial charge >= 0.3 is 0 Å². The van der Waals surface area contributed by atoms with Crippen LogP contribution in [0.15, 0.2) is 66.9 Å². The van der Waals surface area contributed by atoms with Crippen molar-refractivity contribution in [1.82, 2.24) is 9.47 Å². The number of hydrogen-bond donors (Lipinski definition) is 1. The van der Waals surface area contributed by atoms with Gasteiger partial charge < -0.3 is 33.7 Å². The van der Waals surface area contributed by atoms with Crippen molar-refractivity contribution in [2.75, 3.05) is 58.5 Å². The number of aromatic nitrogens is 1. The summed E-state index contributed by atoms with van der Waals surface area (Å²) >= 11 is 0. The summed E-state index contributed by atoms with van der Waals surface area (Å²) in [5.74, 6) is 1.28. The zero-order valence-corrected chi connectivity index (χ0v) is 24.2. The fourth-order valence-corrected chi connectivity index (χ4v) is 5.76. The first-order chi connectivity index (χ1) is 20.0. The molecule has 0 unspecified atom stereocenters. The van der Waals surface area contributed by atoms with Crippen LogP contribution in [0.4, 0.5) is 10.1 Å². The molecule has 1 fully saturated rings. The summed E-state index contributed by atoms with van der Waals surface area (Å²) in [6.07, 6.45) is 3.55. The molecule has 4 aromatic rings. The Labute approximate surface area is 241 Å². The third kappa shape index (κ3) is 6.44. The quantitative estimate of drug-likeness (QED) is 0.207. The summed E-state index contributed by atoms with van der Waals surface area (Å²) in [6, 6.07) is 18.4. The SMILES string of the molecule is CCN1CCN(c2cccc3c(O)n([C@H](CCCOCc4cccc(F)c4)c4ccc(OC)c(OC)c4)cc23)CC1. The number of benzene rings is 3. The number of nitrogens with zero attached hydrogens (tertiary/aromatic N) is 3. The molecule has 5 rings (SSSR count). The number of hydrogen-bond acceptors (Lipinski definition) is 6. The lowest BCUT2D eigenvalue weighted by molar-refractivity contribution is 0.114. The lowest BCUT2D eigenvalue weighted by Gasteiger charge is -2.35. The van der Waals surface area contributed by atoms with Gasteiger partial charge in [-0.15, -0.1) is 0 Å². The molecule has 1 aromatic heterocycles. The first kappa shape index (κ1) is 28.8. The normalized spacial score (nSPS) is 14.9. The number of halogens is 1. The van der Waals surface area contributed by atoms with E-state index in [-0.39, 0.29) is 17.7 Å². The fourth-order valence-electron chi connectivity index (χ4n) is 5.76. The Bertz CT molecular complexity index is 1450. The summed E-state index contributed by atoms with van der Waals surface area (Å²) in [7, 11) is 3.25. The molecular weight excluding hydrogens is 521 g/mol. The smallest absolute Gasteiger partial charge is 0.199 e. The molecule has 1 atom stereocenters. The van der Waals surface area contributed by atoms with Gasteiger partial charge in [-0.2, -0.15) is 0 Å². The summed E-state index contributed by atoms with van der Waals surface area (Å²) < 4.78 is 32.5. The van der Waals surface area contributed by atoms with Gasteiger partial charge in [-0.05, 0) is 66.9 Å². The molecule has 0 bridgehead atoms. The molecule has 0 aliphatic carbocycles. The first-order valence-corrected chi connectivity index (χ1v) is 14.4. The van der Waals surface area contributed by atoms with Crippen LogP contribution in [0.2, 0.25) is 0 Å². The van der Waals surface area contributed by atoms with Crippen molar-refractivity contribution in [1.29, 1.82) is 0 Å². The van der Waals surface area contributed by atoms with Crippen LogP contribution >= 0.6 is 0 Å². The molecule has 1 saturated heterocycles. The highest BCUT2D eigenvalue weighted by atomic mass is 19.1. The van der Waals surface area contributed by atoms with Crippen molar-refractivity contribution in [3.8, 4) is 17.4 Å². The van der Waals surface area contributed by atoms with Crippen LogP contribution in [-0.4, -0.2) is 68.1 Å². The van der Waals surface area contributed by atoms with Crippen molar-refractivity contribution < 1.29 is 23.7 Å². The van der Waals surface area contributed by atoms with Gasteiger partial charge in [0.05, 0.1) is 26.9 Å². The molecule has 1 aliphatic rings. The van der Waals surface area contributed by atoms with Crippen LogP contribution in [0.3, 0.4) is 0 Å². The van der Waals surface area contributed by atoms with Crippen molar-refractivity contribution in [2.24, 2.45) is 0 Å². The number of methoxy groups -OCH3 is 2. The minimum atomic E-state index is -0.263. The highest BCUT2D eigenvalue weighted by Gasteiger charge is 2.24. The molecule has 0 saturated carbocycles. The number of piperazine rings is 1. The maximum Gasteiger partial charge on any atom is 0.199 e. The number of ether oxygens (including phenoxy) is 3. The zero-order valence-electron chi connectivity index (χ0n) is 24.2. The molecular formula is C33H40FN3O4.